The lowest BCUT2D eigenvalue weighted by Gasteiger charge is -2.13. The van der Waals surface area contributed by atoms with Gasteiger partial charge >= 0.3 is 0 Å². The minimum atomic E-state index is 0.476. The number of aryl methyl sites for hydroxylation is 1. The van der Waals surface area contributed by atoms with Crippen LogP contribution in [-0.4, -0.2) is 38.5 Å². The topological polar surface area (TPSA) is 35.4 Å². The van der Waals surface area contributed by atoms with Crippen LogP contribution in [0.4, 0.5) is 0 Å². The van der Waals surface area contributed by atoms with Gasteiger partial charge in [0.15, 0.2) is 0 Å². The van der Waals surface area contributed by atoms with E-state index in [0.29, 0.717) is 19.3 Å². The maximum Gasteiger partial charge on any atom is 0.0700 e. The Morgan fingerprint density at radius 1 is 1.32 bits per heavy atom. The van der Waals surface area contributed by atoms with Gasteiger partial charge < -0.3 is 19.4 Å². The molecule has 110 valence electrons. The molecule has 1 unspecified atom stereocenters. The molecule has 0 fully saturated rings. The van der Waals surface area contributed by atoms with Gasteiger partial charge in [0.2, 0.25) is 0 Å². The second kappa shape index (κ2) is 10.0. The van der Waals surface area contributed by atoms with Crippen molar-refractivity contribution in [3.05, 3.63) is 24.0 Å². The second-order valence-electron chi connectivity index (χ2n) is 4.77. The van der Waals surface area contributed by atoms with E-state index in [9.17, 15) is 0 Å². The summed E-state index contributed by atoms with van der Waals surface area (Å²) < 4.78 is 12.6. The zero-order valence-electron chi connectivity index (χ0n) is 12.5. The number of ether oxygens (including phenoxy) is 2. The van der Waals surface area contributed by atoms with Crippen molar-refractivity contribution in [1.29, 1.82) is 0 Å². The smallest absolute Gasteiger partial charge is 0.0700 e. The maximum absolute atomic E-state index is 5.46. The summed E-state index contributed by atoms with van der Waals surface area (Å²) in [4.78, 5) is 0. The van der Waals surface area contributed by atoms with Crippen molar-refractivity contribution in [3.8, 4) is 0 Å². The van der Waals surface area contributed by atoms with Gasteiger partial charge in [0.05, 0.1) is 13.2 Å². The van der Waals surface area contributed by atoms with Crippen LogP contribution >= 0.6 is 0 Å². The summed E-state index contributed by atoms with van der Waals surface area (Å²) in [5, 5.41) is 3.37. The second-order valence-corrected chi connectivity index (χ2v) is 4.77. The molecule has 0 saturated heterocycles. The molecule has 0 aliphatic carbocycles. The first-order valence-electron chi connectivity index (χ1n) is 7.21. The molecule has 1 atom stereocenters. The SMILES string of the molecule is CCCC(NC)c1ccn(CCCOCCOC)c1. The Hall–Kier alpha value is -0.840. The molecule has 4 nitrogen and oxygen atoms in total. The highest BCUT2D eigenvalue weighted by Gasteiger charge is 2.08. The molecule has 0 amide bonds. The first-order chi connectivity index (χ1) is 9.31. The Morgan fingerprint density at radius 3 is 2.84 bits per heavy atom. The number of nitrogens with zero attached hydrogens (tertiary/aromatic N) is 1. The Labute approximate surface area is 117 Å². The van der Waals surface area contributed by atoms with Crippen molar-refractivity contribution in [2.24, 2.45) is 0 Å². The molecule has 0 bridgehead atoms. The van der Waals surface area contributed by atoms with Gasteiger partial charge in [0.25, 0.3) is 0 Å². The van der Waals surface area contributed by atoms with Crippen molar-refractivity contribution in [2.45, 2.75) is 38.8 Å². The summed E-state index contributed by atoms with van der Waals surface area (Å²) in [5.74, 6) is 0. The van der Waals surface area contributed by atoms with Gasteiger partial charge in [-0.05, 0) is 31.5 Å². The molecule has 0 aliphatic rings. The number of methoxy groups -OCH3 is 1. The molecule has 19 heavy (non-hydrogen) atoms. The lowest BCUT2D eigenvalue weighted by atomic mass is 10.1. The minimum absolute atomic E-state index is 0.476. The van der Waals surface area contributed by atoms with E-state index in [1.54, 1.807) is 7.11 Å². The summed E-state index contributed by atoms with van der Waals surface area (Å²) in [5.41, 5.74) is 1.38. The zero-order valence-corrected chi connectivity index (χ0v) is 12.5. The highest BCUT2D eigenvalue weighted by molar-refractivity contribution is 5.15. The van der Waals surface area contributed by atoms with Crippen molar-refractivity contribution >= 4 is 0 Å². The van der Waals surface area contributed by atoms with Crippen LogP contribution in [0.15, 0.2) is 18.5 Å². The number of rotatable bonds is 11. The fourth-order valence-electron chi connectivity index (χ4n) is 2.16. The maximum atomic E-state index is 5.46. The van der Waals surface area contributed by atoms with Crippen LogP contribution in [0.1, 0.15) is 37.8 Å². The molecular formula is C15H28N2O2. The van der Waals surface area contributed by atoms with E-state index in [2.05, 4.69) is 35.3 Å². The standard InChI is InChI=1S/C15H28N2O2/c1-4-6-15(16-2)14-7-9-17(13-14)8-5-10-19-12-11-18-3/h7,9,13,15-16H,4-6,8,10-12H2,1-3H3. The van der Waals surface area contributed by atoms with Gasteiger partial charge in [-0.25, -0.2) is 0 Å². The first kappa shape index (κ1) is 16.2. The molecule has 0 aliphatic heterocycles. The monoisotopic (exact) mass is 268 g/mol. The fraction of sp³-hybridized carbons (Fsp3) is 0.733. The average molecular weight is 268 g/mol. The van der Waals surface area contributed by atoms with Gasteiger partial charge in [0, 0.05) is 38.7 Å². The molecule has 0 aromatic carbocycles. The molecule has 1 heterocycles. The average Bonchev–Trinajstić information content (AvgIpc) is 2.88. The quantitative estimate of drug-likeness (QED) is 0.627. The summed E-state index contributed by atoms with van der Waals surface area (Å²) in [6.07, 6.45) is 7.82. The van der Waals surface area contributed by atoms with E-state index in [1.165, 1.54) is 18.4 Å². The zero-order chi connectivity index (χ0) is 13.9. The van der Waals surface area contributed by atoms with E-state index < -0.39 is 0 Å². The van der Waals surface area contributed by atoms with E-state index in [1.807, 2.05) is 7.05 Å². The van der Waals surface area contributed by atoms with Crippen LogP contribution < -0.4 is 5.32 Å². The molecule has 1 rings (SSSR count). The normalized spacial score (nSPS) is 12.8. The van der Waals surface area contributed by atoms with Crippen molar-refractivity contribution < 1.29 is 9.47 Å². The molecule has 0 saturated carbocycles. The van der Waals surface area contributed by atoms with Crippen molar-refractivity contribution in [2.75, 3.05) is 34.0 Å². The minimum Gasteiger partial charge on any atom is -0.382 e. The van der Waals surface area contributed by atoms with E-state index in [0.717, 1.165) is 19.6 Å². The summed E-state index contributed by atoms with van der Waals surface area (Å²) in [7, 11) is 3.72. The molecule has 4 heteroatoms. The third kappa shape index (κ3) is 6.23. The third-order valence-corrected chi connectivity index (χ3v) is 3.24. The van der Waals surface area contributed by atoms with Gasteiger partial charge in [-0.15, -0.1) is 0 Å². The Morgan fingerprint density at radius 2 is 2.16 bits per heavy atom. The number of nitrogens with one attached hydrogen (secondary N) is 1. The number of hydrogen-bond donors (Lipinski definition) is 1. The fourth-order valence-corrected chi connectivity index (χ4v) is 2.16. The van der Waals surface area contributed by atoms with Crippen LogP contribution in [0.5, 0.6) is 0 Å². The van der Waals surface area contributed by atoms with Crippen molar-refractivity contribution in [3.63, 3.8) is 0 Å². The molecule has 0 spiro atoms. The van der Waals surface area contributed by atoms with Crippen molar-refractivity contribution in [1.82, 2.24) is 9.88 Å². The Bertz CT molecular complexity index is 326. The predicted molar refractivity (Wildman–Crippen MR) is 78.5 cm³/mol. The first-order valence-corrected chi connectivity index (χ1v) is 7.21. The third-order valence-electron chi connectivity index (χ3n) is 3.24. The molecule has 1 aromatic rings. The lowest BCUT2D eigenvalue weighted by molar-refractivity contribution is 0.0680. The van der Waals surface area contributed by atoms with Crippen LogP contribution in [0.2, 0.25) is 0 Å². The van der Waals surface area contributed by atoms with Crippen LogP contribution in [0, 0.1) is 0 Å². The highest BCUT2D eigenvalue weighted by atomic mass is 16.5. The van der Waals surface area contributed by atoms with Gasteiger partial charge in [-0.2, -0.15) is 0 Å². The Kier molecular flexibility index (Phi) is 8.54. The van der Waals surface area contributed by atoms with E-state index in [4.69, 9.17) is 9.47 Å². The Balaban J connectivity index is 2.26. The molecular weight excluding hydrogens is 240 g/mol. The van der Waals surface area contributed by atoms with Gasteiger partial charge in [-0.3, -0.25) is 0 Å². The molecule has 1 aromatic heterocycles. The van der Waals surface area contributed by atoms with Crippen LogP contribution in [0.3, 0.4) is 0 Å². The molecule has 1 N–H and O–H groups in total. The van der Waals surface area contributed by atoms with E-state index in [-0.39, 0.29) is 0 Å². The number of hydrogen-bond acceptors (Lipinski definition) is 3. The summed E-state index contributed by atoms with van der Waals surface area (Å²) in [6, 6.07) is 2.69. The summed E-state index contributed by atoms with van der Waals surface area (Å²) >= 11 is 0. The number of aromatic nitrogens is 1. The lowest BCUT2D eigenvalue weighted by Crippen LogP contribution is -2.15. The predicted octanol–water partition coefficient (Wildman–Crippen LogP) is 2.60. The summed E-state index contributed by atoms with van der Waals surface area (Å²) in [6.45, 7) is 5.38. The van der Waals surface area contributed by atoms with E-state index >= 15 is 0 Å². The highest BCUT2D eigenvalue weighted by Crippen LogP contribution is 2.18. The van der Waals surface area contributed by atoms with Crippen LogP contribution in [0.25, 0.3) is 0 Å². The van der Waals surface area contributed by atoms with Gasteiger partial charge in [-0.1, -0.05) is 13.3 Å². The molecule has 0 radical (unpaired) electrons. The largest absolute Gasteiger partial charge is 0.382 e. The van der Waals surface area contributed by atoms with Gasteiger partial charge in [0.1, 0.15) is 0 Å². The van der Waals surface area contributed by atoms with Crippen LogP contribution in [-0.2, 0) is 16.0 Å².